The van der Waals surface area contributed by atoms with Crippen molar-refractivity contribution in [2.75, 3.05) is 31.1 Å². The smallest absolute Gasteiger partial charge is 0.243 e. The van der Waals surface area contributed by atoms with Crippen molar-refractivity contribution >= 4 is 11.6 Å². The Hall–Kier alpha value is -2.80. The van der Waals surface area contributed by atoms with E-state index in [1.165, 1.54) is 22.4 Å². The van der Waals surface area contributed by atoms with E-state index in [9.17, 15) is 10.1 Å². The van der Waals surface area contributed by atoms with Gasteiger partial charge >= 0.3 is 0 Å². The average Bonchev–Trinajstić information content (AvgIpc) is 3.46. The Bertz CT molecular complexity index is 935. The van der Waals surface area contributed by atoms with Crippen LogP contribution in [0.2, 0.25) is 0 Å². The first-order valence-electron chi connectivity index (χ1n) is 10.0. The number of benzene rings is 2. The molecule has 1 amide bonds. The average molecular weight is 374 g/mol. The molecule has 2 aromatic rings. The number of hydrogen-bond donors (Lipinski definition) is 0. The summed E-state index contributed by atoms with van der Waals surface area (Å²) in [5.74, 6) is 0.0452. The second kappa shape index (κ2) is 6.98. The minimum absolute atomic E-state index is 0.0150. The molecule has 28 heavy (non-hydrogen) atoms. The van der Waals surface area contributed by atoms with Crippen LogP contribution in [0.25, 0.3) is 0 Å². The van der Waals surface area contributed by atoms with Crippen LogP contribution >= 0.6 is 0 Å². The van der Waals surface area contributed by atoms with Gasteiger partial charge in [0.15, 0.2) is 0 Å². The Morgan fingerprint density at radius 1 is 1.00 bits per heavy atom. The number of amides is 1. The molecule has 2 aromatic carbocycles. The molecule has 1 heterocycles. The zero-order valence-electron chi connectivity index (χ0n) is 16.9. The molecule has 2 unspecified atom stereocenters. The van der Waals surface area contributed by atoms with Crippen LogP contribution in [-0.4, -0.2) is 37.0 Å². The van der Waals surface area contributed by atoms with Gasteiger partial charge in [0.25, 0.3) is 0 Å². The van der Waals surface area contributed by atoms with Gasteiger partial charge in [-0.1, -0.05) is 42.0 Å². The molecule has 4 nitrogen and oxygen atoms in total. The largest absolute Gasteiger partial charge is 0.368 e. The van der Waals surface area contributed by atoms with Crippen LogP contribution in [-0.2, 0) is 4.79 Å². The topological polar surface area (TPSA) is 47.3 Å². The Morgan fingerprint density at radius 3 is 2.29 bits per heavy atom. The minimum atomic E-state index is -0.864. The molecule has 0 spiro atoms. The Kier molecular flexibility index (Phi) is 4.63. The summed E-state index contributed by atoms with van der Waals surface area (Å²) in [6.45, 7) is 9.27. The molecule has 4 rings (SSSR count). The summed E-state index contributed by atoms with van der Waals surface area (Å²) in [5, 5.41) is 9.83. The molecule has 0 radical (unpaired) electrons. The molecule has 2 fully saturated rings. The van der Waals surface area contributed by atoms with E-state index < -0.39 is 5.41 Å². The molecule has 1 saturated heterocycles. The minimum Gasteiger partial charge on any atom is -0.368 e. The number of nitrogens with zero attached hydrogens (tertiary/aromatic N) is 3. The lowest BCUT2D eigenvalue weighted by molar-refractivity contribution is -0.135. The quantitative estimate of drug-likeness (QED) is 0.818. The summed E-state index contributed by atoms with van der Waals surface area (Å²) in [6.07, 6.45) is 0.641. The van der Waals surface area contributed by atoms with Gasteiger partial charge in [0.05, 0.1) is 6.07 Å². The third-order valence-corrected chi connectivity index (χ3v) is 6.29. The van der Waals surface area contributed by atoms with Crippen LogP contribution in [0.15, 0.2) is 42.5 Å². The first-order chi connectivity index (χ1) is 13.4. The molecule has 2 aliphatic rings. The van der Waals surface area contributed by atoms with Gasteiger partial charge in [-0.15, -0.1) is 0 Å². The molecular formula is C24H27N3O. The molecule has 0 N–H and O–H groups in total. The summed E-state index contributed by atoms with van der Waals surface area (Å²) < 4.78 is 0. The second-order valence-corrected chi connectivity index (χ2v) is 8.32. The molecule has 1 aliphatic heterocycles. The van der Waals surface area contributed by atoms with Crippen LogP contribution in [0.1, 0.15) is 34.6 Å². The second-order valence-electron chi connectivity index (χ2n) is 8.32. The third-order valence-electron chi connectivity index (χ3n) is 6.29. The predicted molar refractivity (Wildman–Crippen MR) is 111 cm³/mol. The van der Waals surface area contributed by atoms with Gasteiger partial charge in [-0.3, -0.25) is 4.79 Å². The Balaban J connectivity index is 1.44. The Morgan fingerprint density at radius 2 is 1.64 bits per heavy atom. The molecule has 144 valence electrons. The number of rotatable bonds is 3. The molecule has 0 aromatic heterocycles. The molecular weight excluding hydrogens is 346 g/mol. The molecule has 0 bridgehead atoms. The van der Waals surface area contributed by atoms with Gasteiger partial charge < -0.3 is 9.80 Å². The SMILES string of the molecule is Cc1ccc(C2CC2(C#N)C(=O)N2CCN(c3cc(C)ccc3C)CC2)cc1. The van der Waals surface area contributed by atoms with E-state index in [1.807, 2.05) is 4.90 Å². The van der Waals surface area contributed by atoms with Crippen molar-refractivity contribution in [2.45, 2.75) is 33.1 Å². The summed E-state index contributed by atoms with van der Waals surface area (Å²) in [7, 11) is 0. The summed E-state index contributed by atoms with van der Waals surface area (Å²) >= 11 is 0. The zero-order valence-corrected chi connectivity index (χ0v) is 16.9. The number of carbonyl (C=O) groups excluding carboxylic acids is 1. The van der Waals surface area contributed by atoms with Crippen LogP contribution in [0.3, 0.4) is 0 Å². The van der Waals surface area contributed by atoms with E-state index in [1.54, 1.807) is 0 Å². The molecule has 4 heteroatoms. The summed E-state index contributed by atoms with van der Waals surface area (Å²) in [4.78, 5) is 17.5. The van der Waals surface area contributed by atoms with E-state index in [2.05, 4.69) is 74.2 Å². The number of hydrogen-bond acceptors (Lipinski definition) is 3. The summed E-state index contributed by atoms with van der Waals surface area (Å²) in [5.41, 5.74) is 5.21. The van der Waals surface area contributed by atoms with Gasteiger partial charge in [0.2, 0.25) is 5.91 Å². The van der Waals surface area contributed by atoms with Crippen molar-refractivity contribution in [3.05, 3.63) is 64.7 Å². The zero-order chi connectivity index (χ0) is 19.9. The van der Waals surface area contributed by atoms with E-state index in [-0.39, 0.29) is 11.8 Å². The number of carbonyl (C=O) groups is 1. The van der Waals surface area contributed by atoms with Crippen LogP contribution in [0.5, 0.6) is 0 Å². The fraction of sp³-hybridized carbons (Fsp3) is 0.417. The number of piperazine rings is 1. The van der Waals surface area contributed by atoms with E-state index >= 15 is 0 Å². The normalized spacial score (nSPS) is 24.0. The maximum absolute atomic E-state index is 13.2. The third kappa shape index (κ3) is 3.16. The van der Waals surface area contributed by atoms with Crippen LogP contribution in [0, 0.1) is 37.5 Å². The highest BCUT2D eigenvalue weighted by molar-refractivity contribution is 5.90. The van der Waals surface area contributed by atoms with Gasteiger partial charge in [-0.05, 0) is 49.9 Å². The highest BCUT2D eigenvalue weighted by Crippen LogP contribution is 2.60. The van der Waals surface area contributed by atoms with Crippen molar-refractivity contribution in [1.29, 1.82) is 5.26 Å². The van der Waals surface area contributed by atoms with Gasteiger partial charge in [0.1, 0.15) is 5.41 Å². The molecule has 2 atom stereocenters. The fourth-order valence-electron chi connectivity index (χ4n) is 4.36. The number of nitriles is 1. The first kappa shape index (κ1) is 18.6. The van der Waals surface area contributed by atoms with E-state index in [0.29, 0.717) is 19.5 Å². The molecule has 1 aliphatic carbocycles. The van der Waals surface area contributed by atoms with Crippen molar-refractivity contribution in [1.82, 2.24) is 4.90 Å². The van der Waals surface area contributed by atoms with Crippen molar-refractivity contribution < 1.29 is 4.79 Å². The molecule has 1 saturated carbocycles. The lowest BCUT2D eigenvalue weighted by Crippen LogP contribution is -2.51. The van der Waals surface area contributed by atoms with Gasteiger partial charge in [-0.25, -0.2) is 0 Å². The fourth-order valence-corrected chi connectivity index (χ4v) is 4.36. The highest BCUT2D eigenvalue weighted by atomic mass is 16.2. The number of aryl methyl sites for hydroxylation is 3. The van der Waals surface area contributed by atoms with Crippen LogP contribution < -0.4 is 4.90 Å². The predicted octanol–water partition coefficient (Wildman–Crippen LogP) is 3.96. The standard InChI is InChI=1S/C24H27N3O/c1-17-5-8-20(9-6-17)21-15-24(21,16-25)23(28)27-12-10-26(11-13-27)22-14-18(2)4-7-19(22)3/h4-9,14,21H,10-13,15H2,1-3H3. The van der Waals surface area contributed by atoms with E-state index in [4.69, 9.17) is 0 Å². The number of anilines is 1. The lowest BCUT2D eigenvalue weighted by Gasteiger charge is -2.37. The van der Waals surface area contributed by atoms with Gasteiger partial charge in [0, 0.05) is 37.8 Å². The maximum Gasteiger partial charge on any atom is 0.243 e. The van der Waals surface area contributed by atoms with Crippen molar-refractivity contribution in [3.8, 4) is 6.07 Å². The lowest BCUT2D eigenvalue weighted by atomic mass is 9.97. The van der Waals surface area contributed by atoms with Crippen molar-refractivity contribution in [3.63, 3.8) is 0 Å². The van der Waals surface area contributed by atoms with Gasteiger partial charge in [-0.2, -0.15) is 5.26 Å². The van der Waals surface area contributed by atoms with Crippen LogP contribution in [0.4, 0.5) is 5.69 Å². The monoisotopic (exact) mass is 373 g/mol. The van der Waals surface area contributed by atoms with Crippen molar-refractivity contribution in [2.24, 2.45) is 5.41 Å². The summed E-state index contributed by atoms with van der Waals surface area (Å²) in [6, 6.07) is 17.1. The first-order valence-corrected chi connectivity index (χ1v) is 10.0. The van der Waals surface area contributed by atoms with E-state index in [0.717, 1.165) is 18.7 Å². The maximum atomic E-state index is 13.2. The Labute approximate surface area is 167 Å². The highest BCUT2D eigenvalue weighted by Gasteiger charge is 2.62.